The predicted molar refractivity (Wildman–Crippen MR) is 57.0 cm³/mol. The topological polar surface area (TPSA) is 58.6 Å². The zero-order valence-electron chi connectivity index (χ0n) is 9.24. The fourth-order valence-electron chi connectivity index (χ4n) is 1.23. The highest BCUT2D eigenvalue weighted by atomic mass is 19.1. The molecule has 0 radical (unpaired) electrons. The van der Waals surface area contributed by atoms with Gasteiger partial charge in [-0.25, -0.2) is 13.6 Å². The monoisotopic (exact) mass is 245 g/mol. The van der Waals surface area contributed by atoms with Gasteiger partial charge >= 0.3 is 5.97 Å². The predicted octanol–water partition coefficient (Wildman–Crippen LogP) is 1.41. The number of halogens is 2. The fraction of sp³-hybridized carbons (Fsp3) is 0.364. The van der Waals surface area contributed by atoms with Crippen LogP contribution in [0.4, 0.5) is 8.78 Å². The summed E-state index contributed by atoms with van der Waals surface area (Å²) in [4.78, 5) is 10.8. The van der Waals surface area contributed by atoms with Crippen molar-refractivity contribution in [3.63, 3.8) is 0 Å². The Morgan fingerprint density at radius 2 is 2.24 bits per heavy atom. The zero-order chi connectivity index (χ0) is 12.8. The number of carboxylic acid groups (broad SMARTS) is 1. The highest BCUT2D eigenvalue weighted by Crippen LogP contribution is 2.19. The lowest BCUT2D eigenvalue weighted by molar-refractivity contribution is -0.145. The molecule has 0 spiro atoms. The molecule has 94 valence electrons. The molecule has 0 fully saturated rings. The van der Waals surface area contributed by atoms with Crippen LogP contribution >= 0.6 is 0 Å². The summed E-state index contributed by atoms with van der Waals surface area (Å²) >= 11 is 0. The Hall–Kier alpha value is -1.69. The summed E-state index contributed by atoms with van der Waals surface area (Å²) in [5.41, 5.74) is 0. The summed E-state index contributed by atoms with van der Waals surface area (Å²) in [7, 11) is 1.66. The summed E-state index contributed by atoms with van der Waals surface area (Å²) < 4.78 is 30.8. The maximum Gasteiger partial charge on any atom is 0.344 e. The lowest BCUT2D eigenvalue weighted by Crippen LogP contribution is -2.30. The molecule has 0 saturated heterocycles. The number of benzene rings is 1. The molecule has 2 N–H and O–H groups in total. The summed E-state index contributed by atoms with van der Waals surface area (Å²) in [6.45, 7) is 0.416. The van der Waals surface area contributed by atoms with Gasteiger partial charge in [0.1, 0.15) is 5.82 Å². The van der Waals surface area contributed by atoms with Gasteiger partial charge in [-0.1, -0.05) is 0 Å². The molecule has 0 amide bonds. The Morgan fingerprint density at radius 3 is 2.76 bits per heavy atom. The van der Waals surface area contributed by atoms with E-state index in [4.69, 9.17) is 9.84 Å². The van der Waals surface area contributed by atoms with E-state index in [1.165, 1.54) is 0 Å². The van der Waals surface area contributed by atoms with Gasteiger partial charge in [0.05, 0.1) is 0 Å². The third-order valence-electron chi connectivity index (χ3n) is 2.10. The molecule has 0 saturated carbocycles. The van der Waals surface area contributed by atoms with Gasteiger partial charge < -0.3 is 15.2 Å². The normalized spacial score (nSPS) is 12.2. The van der Waals surface area contributed by atoms with E-state index in [0.717, 1.165) is 12.1 Å². The fourth-order valence-corrected chi connectivity index (χ4v) is 1.23. The second kappa shape index (κ2) is 6.15. The van der Waals surface area contributed by atoms with E-state index in [2.05, 4.69) is 5.32 Å². The smallest absolute Gasteiger partial charge is 0.344 e. The number of aliphatic carboxylic acids is 1. The maximum absolute atomic E-state index is 13.2. The zero-order valence-corrected chi connectivity index (χ0v) is 9.24. The van der Waals surface area contributed by atoms with Crippen LogP contribution in [0.25, 0.3) is 0 Å². The Labute approximate surface area is 97.2 Å². The largest absolute Gasteiger partial charge is 0.479 e. The summed E-state index contributed by atoms with van der Waals surface area (Å²) in [6.07, 6.45) is -0.981. The minimum absolute atomic E-state index is 0.183. The molecule has 17 heavy (non-hydrogen) atoms. The second-order valence-corrected chi connectivity index (χ2v) is 3.41. The summed E-state index contributed by atoms with van der Waals surface area (Å²) in [5, 5.41) is 11.6. The molecule has 1 atom stereocenters. The summed E-state index contributed by atoms with van der Waals surface area (Å²) in [5.74, 6) is -3.11. The van der Waals surface area contributed by atoms with Crippen molar-refractivity contribution >= 4 is 5.97 Å². The number of hydrogen-bond donors (Lipinski definition) is 2. The van der Waals surface area contributed by atoms with Crippen LogP contribution in [0, 0.1) is 11.6 Å². The van der Waals surface area contributed by atoms with Crippen LogP contribution in [-0.4, -0.2) is 30.8 Å². The van der Waals surface area contributed by atoms with Crippen molar-refractivity contribution in [3.05, 3.63) is 29.8 Å². The molecular formula is C11H13F2NO3. The first-order valence-corrected chi connectivity index (χ1v) is 5.03. The average Bonchev–Trinajstić information content (AvgIpc) is 2.26. The number of hydrogen-bond acceptors (Lipinski definition) is 3. The third kappa shape index (κ3) is 3.99. The van der Waals surface area contributed by atoms with Crippen molar-refractivity contribution in [2.24, 2.45) is 0 Å². The van der Waals surface area contributed by atoms with E-state index in [-0.39, 0.29) is 12.2 Å². The molecule has 1 unspecified atom stereocenters. The molecular weight excluding hydrogens is 232 g/mol. The number of nitrogens with one attached hydrogen (secondary N) is 1. The number of rotatable bonds is 6. The third-order valence-corrected chi connectivity index (χ3v) is 2.10. The van der Waals surface area contributed by atoms with Gasteiger partial charge in [0, 0.05) is 12.5 Å². The molecule has 0 bridgehead atoms. The highest BCUT2D eigenvalue weighted by Gasteiger charge is 2.20. The van der Waals surface area contributed by atoms with Gasteiger partial charge in [-0.3, -0.25) is 0 Å². The van der Waals surface area contributed by atoms with Crippen LogP contribution in [0.15, 0.2) is 18.2 Å². The van der Waals surface area contributed by atoms with Gasteiger partial charge in [-0.15, -0.1) is 0 Å². The minimum atomic E-state index is -1.19. The van der Waals surface area contributed by atoms with Crippen LogP contribution in [0.1, 0.15) is 6.42 Å². The minimum Gasteiger partial charge on any atom is -0.479 e. The Kier molecular flexibility index (Phi) is 4.84. The van der Waals surface area contributed by atoms with Crippen LogP contribution < -0.4 is 10.1 Å². The molecule has 0 heterocycles. The van der Waals surface area contributed by atoms with E-state index in [0.29, 0.717) is 12.6 Å². The molecule has 1 aromatic rings. The van der Waals surface area contributed by atoms with Crippen molar-refractivity contribution in [1.82, 2.24) is 5.32 Å². The molecule has 0 aliphatic carbocycles. The molecule has 1 aromatic carbocycles. The van der Waals surface area contributed by atoms with Gasteiger partial charge in [0.2, 0.25) is 0 Å². The van der Waals surface area contributed by atoms with Gasteiger partial charge in [-0.05, 0) is 25.7 Å². The lowest BCUT2D eigenvalue weighted by Gasteiger charge is -2.15. The number of carbonyl (C=O) groups is 1. The van der Waals surface area contributed by atoms with Crippen LogP contribution in [0.3, 0.4) is 0 Å². The first kappa shape index (κ1) is 13.4. The number of carboxylic acids is 1. The van der Waals surface area contributed by atoms with E-state index in [1.54, 1.807) is 7.05 Å². The van der Waals surface area contributed by atoms with Crippen molar-refractivity contribution in [2.45, 2.75) is 12.5 Å². The Morgan fingerprint density at radius 1 is 1.53 bits per heavy atom. The molecule has 0 aromatic heterocycles. The summed E-state index contributed by atoms with van der Waals surface area (Å²) in [6, 6.07) is 2.72. The van der Waals surface area contributed by atoms with Gasteiger partial charge in [0.25, 0.3) is 0 Å². The molecule has 0 aliphatic heterocycles. The van der Waals surface area contributed by atoms with E-state index in [1.807, 2.05) is 0 Å². The van der Waals surface area contributed by atoms with Crippen LogP contribution in [0.2, 0.25) is 0 Å². The average molecular weight is 245 g/mol. The van der Waals surface area contributed by atoms with Crippen molar-refractivity contribution in [2.75, 3.05) is 13.6 Å². The highest BCUT2D eigenvalue weighted by molar-refractivity contribution is 5.72. The Bertz CT molecular complexity index is 398. The first-order valence-electron chi connectivity index (χ1n) is 5.03. The number of ether oxygens (including phenoxy) is 1. The van der Waals surface area contributed by atoms with Crippen molar-refractivity contribution < 1.29 is 23.4 Å². The van der Waals surface area contributed by atoms with Crippen molar-refractivity contribution in [3.8, 4) is 5.75 Å². The SMILES string of the molecule is CNCCC(Oc1ccc(F)cc1F)C(=O)O. The van der Waals surface area contributed by atoms with Gasteiger partial charge in [0.15, 0.2) is 17.7 Å². The van der Waals surface area contributed by atoms with Crippen LogP contribution in [-0.2, 0) is 4.79 Å². The molecule has 1 rings (SSSR count). The standard InChI is InChI=1S/C11H13F2NO3/c1-14-5-4-10(11(15)16)17-9-3-2-7(12)6-8(9)13/h2-3,6,10,14H,4-5H2,1H3,(H,15,16). The molecule has 0 aliphatic rings. The lowest BCUT2D eigenvalue weighted by atomic mass is 10.2. The molecule has 4 nitrogen and oxygen atoms in total. The Balaban J connectivity index is 2.75. The van der Waals surface area contributed by atoms with E-state index in [9.17, 15) is 13.6 Å². The second-order valence-electron chi connectivity index (χ2n) is 3.41. The van der Waals surface area contributed by atoms with Crippen molar-refractivity contribution in [1.29, 1.82) is 0 Å². The quantitative estimate of drug-likeness (QED) is 0.795. The van der Waals surface area contributed by atoms with Crippen LogP contribution in [0.5, 0.6) is 5.75 Å². The van der Waals surface area contributed by atoms with E-state index < -0.39 is 23.7 Å². The van der Waals surface area contributed by atoms with Gasteiger partial charge in [-0.2, -0.15) is 0 Å². The first-order chi connectivity index (χ1) is 8.04. The molecule has 6 heteroatoms. The maximum atomic E-state index is 13.2. The van der Waals surface area contributed by atoms with E-state index >= 15 is 0 Å².